The second-order valence-electron chi connectivity index (χ2n) is 6.65. The van der Waals surface area contributed by atoms with Gasteiger partial charge in [0.15, 0.2) is 5.76 Å². The number of nitrogens with one attached hydrogen (secondary N) is 1. The first-order valence-electron chi connectivity index (χ1n) is 8.82. The van der Waals surface area contributed by atoms with E-state index in [1.54, 1.807) is 24.3 Å². The van der Waals surface area contributed by atoms with Gasteiger partial charge in [-0.3, -0.25) is 9.59 Å². The number of furan rings is 1. The second kappa shape index (κ2) is 8.08. The number of amides is 2. The Morgan fingerprint density at radius 2 is 1.64 bits per heavy atom. The molecular weight excluding hydrogens is 359 g/mol. The van der Waals surface area contributed by atoms with E-state index in [-0.39, 0.29) is 24.0 Å². The monoisotopic (exact) mass is 380 g/mol. The molecule has 144 valence electrons. The number of nitrogens with zero attached hydrogens (tertiary/aromatic N) is 1. The Labute approximate surface area is 162 Å². The third-order valence-corrected chi connectivity index (χ3v) is 4.42. The normalized spacial score (nSPS) is 10.6. The summed E-state index contributed by atoms with van der Waals surface area (Å²) in [6, 6.07) is 14.7. The third kappa shape index (κ3) is 4.28. The van der Waals surface area contributed by atoms with Crippen LogP contribution in [0.4, 0.5) is 10.1 Å². The Hall–Kier alpha value is -3.41. The van der Waals surface area contributed by atoms with Gasteiger partial charge in [-0.15, -0.1) is 0 Å². The van der Waals surface area contributed by atoms with E-state index in [0.29, 0.717) is 11.3 Å². The molecule has 0 bridgehead atoms. The van der Waals surface area contributed by atoms with E-state index in [2.05, 4.69) is 5.32 Å². The smallest absolute Gasteiger partial charge is 0.289 e. The highest BCUT2D eigenvalue weighted by atomic mass is 19.1. The Bertz CT molecular complexity index is 989. The van der Waals surface area contributed by atoms with E-state index < -0.39 is 5.91 Å². The summed E-state index contributed by atoms with van der Waals surface area (Å²) in [7, 11) is 1.53. The van der Waals surface area contributed by atoms with Crippen LogP contribution in [0.5, 0.6) is 0 Å². The average molecular weight is 380 g/mol. The van der Waals surface area contributed by atoms with Gasteiger partial charge in [-0.1, -0.05) is 18.2 Å². The number of carbonyl (C=O) groups excluding carboxylic acids is 2. The SMILES string of the molecule is Cc1cccc(C)c1NC(=O)CN(C)C(=O)c1ccc(-c2ccc(F)cc2)o1. The minimum absolute atomic E-state index is 0.112. The minimum atomic E-state index is -0.412. The van der Waals surface area contributed by atoms with Crippen LogP contribution in [0.3, 0.4) is 0 Å². The van der Waals surface area contributed by atoms with Crippen molar-refractivity contribution in [3.8, 4) is 11.3 Å². The largest absolute Gasteiger partial charge is 0.451 e. The lowest BCUT2D eigenvalue weighted by molar-refractivity contribution is -0.116. The van der Waals surface area contributed by atoms with E-state index in [1.807, 2.05) is 32.0 Å². The molecule has 0 aliphatic carbocycles. The van der Waals surface area contributed by atoms with Crippen molar-refractivity contribution in [2.24, 2.45) is 0 Å². The average Bonchev–Trinajstić information content (AvgIpc) is 3.15. The maximum atomic E-state index is 13.0. The molecular formula is C22H21FN2O3. The van der Waals surface area contributed by atoms with Crippen LogP contribution in [0.15, 0.2) is 59.0 Å². The lowest BCUT2D eigenvalue weighted by atomic mass is 10.1. The molecule has 28 heavy (non-hydrogen) atoms. The fourth-order valence-electron chi connectivity index (χ4n) is 2.89. The highest BCUT2D eigenvalue weighted by Gasteiger charge is 2.19. The minimum Gasteiger partial charge on any atom is -0.451 e. The number of benzene rings is 2. The summed E-state index contributed by atoms with van der Waals surface area (Å²) >= 11 is 0. The Kier molecular flexibility index (Phi) is 5.59. The maximum absolute atomic E-state index is 13.0. The summed E-state index contributed by atoms with van der Waals surface area (Å²) in [5, 5.41) is 2.85. The number of para-hydroxylation sites is 1. The van der Waals surface area contributed by atoms with Crippen molar-refractivity contribution >= 4 is 17.5 Å². The van der Waals surface area contributed by atoms with Crippen LogP contribution in [0.2, 0.25) is 0 Å². The van der Waals surface area contributed by atoms with Crippen molar-refractivity contribution in [1.82, 2.24) is 4.90 Å². The first-order valence-corrected chi connectivity index (χ1v) is 8.82. The summed E-state index contributed by atoms with van der Waals surface area (Å²) < 4.78 is 18.6. The molecule has 6 heteroatoms. The van der Waals surface area contributed by atoms with Crippen LogP contribution in [0.25, 0.3) is 11.3 Å². The van der Waals surface area contributed by atoms with Crippen molar-refractivity contribution in [2.45, 2.75) is 13.8 Å². The van der Waals surface area contributed by atoms with Gasteiger partial charge in [0.2, 0.25) is 5.91 Å². The van der Waals surface area contributed by atoms with Gasteiger partial charge < -0.3 is 14.6 Å². The molecule has 0 atom stereocenters. The van der Waals surface area contributed by atoms with Gasteiger partial charge in [0.05, 0.1) is 6.54 Å². The van der Waals surface area contributed by atoms with E-state index in [0.717, 1.165) is 16.8 Å². The first kappa shape index (κ1) is 19.4. The number of anilines is 1. The fourth-order valence-corrected chi connectivity index (χ4v) is 2.89. The number of hydrogen-bond acceptors (Lipinski definition) is 3. The molecule has 0 spiro atoms. The molecule has 0 fully saturated rings. The molecule has 1 aromatic heterocycles. The molecule has 0 saturated carbocycles. The van der Waals surface area contributed by atoms with Crippen molar-refractivity contribution in [1.29, 1.82) is 0 Å². The van der Waals surface area contributed by atoms with Gasteiger partial charge in [0.25, 0.3) is 5.91 Å². The molecule has 3 rings (SSSR count). The quantitative estimate of drug-likeness (QED) is 0.713. The van der Waals surface area contributed by atoms with E-state index in [4.69, 9.17) is 4.42 Å². The van der Waals surface area contributed by atoms with Gasteiger partial charge in [0.1, 0.15) is 11.6 Å². The van der Waals surface area contributed by atoms with Crippen LogP contribution >= 0.6 is 0 Å². The maximum Gasteiger partial charge on any atom is 0.289 e. The van der Waals surface area contributed by atoms with Gasteiger partial charge in [-0.05, 0) is 61.4 Å². The molecule has 1 heterocycles. The molecule has 0 saturated heterocycles. The van der Waals surface area contributed by atoms with Crippen molar-refractivity contribution in [3.05, 3.63) is 77.3 Å². The third-order valence-electron chi connectivity index (χ3n) is 4.42. The molecule has 2 aromatic carbocycles. The predicted octanol–water partition coefficient (Wildman–Crippen LogP) is 4.41. The molecule has 0 radical (unpaired) electrons. The zero-order valence-electron chi connectivity index (χ0n) is 16.0. The summed E-state index contributed by atoms with van der Waals surface area (Å²) in [6.45, 7) is 3.72. The van der Waals surface area contributed by atoms with Gasteiger partial charge >= 0.3 is 0 Å². The summed E-state index contributed by atoms with van der Waals surface area (Å²) in [5.41, 5.74) is 3.33. The molecule has 2 amide bonds. The van der Waals surface area contributed by atoms with E-state index >= 15 is 0 Å². The van der Waals surface area contributed by atoms with Gasteiger partial charge in [-0.2, -0.15) is 0 Å². The molecule has 3 aromatic rings. The predicted molar refractivity (Wildman–Crippen MR) is 106 cm³/mol. The van der Waals surface area contributed by atoms with Crippen LogP contribution in [0, 0.1) is 19.7 Å². The number of likely N-dealkylation sites (N-methyl/N-ethyl adjacent to an activating group) is 1. The molecule has 0 aliphatic rings. The topological polar surface area (TPSA) is 62.6 Å². The summed E-state index contributed by atoms with van der Waals surface area (Å²) in [5.74, 6) is -0.483. The van der Waals surface area contributed by atoms with Crippen LogP contribution in [-0.4, -0.2) is 30.3 Å². The molecule has 0 aliphatic heterocycles. The van der Waals surface area contributed by atoms with E-state index in [1.165, 1.54) is 24.1 Å². The first-order chi connectivity index (χ1) is 13.3. The Morgan fingerprint density at radius 3 is 2.29 bits per heavy atom. The zero-order chi connectivity index (χ0) is 20.3. The van der Waals surface area contributed by atoms with E-state index in [9.17, 15) is 14.0 Å². The molecule has 5 nitrogen and oxygen atoms in total. The number of carbonyl (C=O) groups is 2. The van der Waals surface area contributed by atoms with Gasteiger partial charge in [0, 0.05) is 18.3 Å². The lowest BCUT2D eigenvalue weighted by Gasteiger charge is -2.17. The van der Waals surface area contributed by atoms with Crippen molar-refractivity contribution < 1.29 is 18.4 Å². The number of rotatable bonds is 5. The standard InChI is InChI=1S/C22H21FN2O3/c1-14-5-4-6-15(2)21(14)24-20(26)13-25(3)22(27)19-12-11-18(28-19)16-7-9-17(23)10-8-16/h4-12H,13H2,1-3H3,(H,24,26). The highest BCUT2D eigenvalue weighted by molar-refractivity contribution is 5.98. The zero-order valence-corrected chi connectivity index (χ0v) is 16.0. The molecule has 0 unspecified atom stereocenters. The number of halogens is 1. The van der Waals surface area contributed by atoms with Crippen LogP contribution in [-0.2, 0) is 4.79 Å². The van der Waals surface area contributed by atoms with Crippen molar-refractivity contribution in [3.63, 3.8) is 0 Å². The van der Waals surface area contributed by atoms with Gasteiger partial charge in [-0.25, -0.2) is 4.39 Å². The number of aryl methyl sites for hydroxylation is 2. The second-order valence-corrected chi connectivity index (χ2v) is 6.65. The summed E-state index contributed by atoms with van der Waals surface area (Å²) in [4.78, 5) is 26.2. The lowest BCUT2D eigenvalue weighted by Crippen LogP contribution is -2.35. The Balaban J connectivity index is 1.66. The molecule has 1 N–H and O–H groups in total. The van der Waals surface area contributed by atoms with Crippen LogP contribution < -0.4 is 5.32 Å². The van der Waals surface area contributed by atoms with Crippen molar-refractivity contribution in [2.75, 3.05) is 18.9 Å². The Morgan fingerprint density at radius 1 is 1.00 bits per heavy atom. The highest BCUT2D eigenvalue weighted by Crippen LogP contribution is 2.23. The van der Waals surface area contributed by atoms with Crippen LogP contribution in [0.1, 0.15) is 21.7 Å². The number of hydrogen-bond donors (Lipinski definition) is 1. The summed E-state index contributed by atoms with van der Waals surface area (Å²) in [6.07, 6.45) is 0. The fraction of sp³-hybridized carbons (Fsp3) is 0.182.